The Morgan fingerprint density at radius 2 is 2.05 bits per heavy atom. The van der Waals surface area contributed by atoms with E-state index in [1.165, 1.54) is 32.6 Å². The maximum Gasteiger partial charge on any atom is 0.302 e. The number of ether oxygens (including phenoxy) is 2. The standard InChI is InChI=1S/C30H50N4O5/c1-4-22(20-33-29(31)32-3)7-10-24(36)18-25(38-21(2)35)11-8-23-9-12-27(37)28(17-23)39-26-13-16-34-30(19-26)14-5-6-15-30/h9,12,17,22,24-26,34,36-37H,4-8,10-11,13-16,18-20H2,1-3H3,(H3,31,32,33). The summed E-state index contributed by atoms with van der Waals surface area (Å²) in [5.41, 5.74) is 6.93. The maximum absolute atomic E-state index is 11.8. The number of guanidine groups is 1. The number of nitrogens with two attached hydrogens (primary N) is 1. The topological polar surface area (TPSA) is 138 Å². The molecular formula is C30H50N4O5. The number of rotatable bonds is 14. The average Bonchev–Trinajstić information content (AvgIpc) is 3.35. The third-order valence-corrected chi connectivity index (χ3v) is 8.38. The molecule has 1 saturated carbocycles. The lowest BCUT2D eigenvalue weighted by molar-refractivity contribution is -0.148. The van der Waals surface area contributed by atoms with Crippen LogP contribution in [0.25, 0.3) is 0 Å². The van der Waals surface area contributed by atoms with Crippen LogP contribution in [0.1, 0.15) is 90.0 Å². The lowest BCUT2D eigenvalue weighted by Gasteiger charge is -2.39. The lowest BCUT2D eigenvalue weighted by atomic mass is 9.86. The van der Waals surface area contributed by atoms with Gasteiger partial charge in [-0.25, -0.2) is 0 Å². The van der Waals surface area contributed by atoms with Crippen molar-refractivity contribution < 1.29 is 24.5 Å². The Bertz CT molecular complexity index is 934. The van der Waals surface area contributed by atoms with Crippen molar-refractivity contribution in [3.05, 3.63) is 23.8 Å². The van der Waals surface area contributed by atoms with Crippen molar-refractivity contribution in [3.63, 3.8) is 0 Å². The molecule has 0 aromatic heterocycles. The van der Waals surface area contributed by atoms with Gasteiger partial charge in [0, 0.05) is 38.9 Å². The summed E-state index contributed by atoms with van der Waals surface area (Å²) in [5, 5.41) is 28.0. The minimum Gasteiger partial charge on any atom is -0.504 e. The van der Waals surface area contributed by atoms with Gasteiger partial charge in [0.25, 0.3) is 0 Å². The number of nitrogens with zero attached hydrogens (tertiary/aromatic N) is 1. The van der Waals surface area contributed by atoms with Crippen LogP contribution in [0.3, 0.4) is 0 Å². The highest BCUT2D eigenvalue weighted by atomic mass is 16.5. The molecule has 2 aliphatic rings. The van der Waals surface area contributed by atoms with Crippen molar-refractivity contribution in [2.75, 3.05) is 20.1 Å². The number of hydrogen-bond donors (Lipinski definition) is 5. The van der Waals surface area contributed by atoms with Crippen LogP contribution in [0, 0.1) is 5.92 Å². The number of phenolic OH excluding ortho intramolecular Hbond substituents is 1. The Balaban J connectivity index is 1.52. The van der Waals surface area contributed by atoms with Crippen LogP contribution in [0.5, 0.6) is 11.5 Å². The van der Waals surface area contributed by atoms with E-state index >= 15 is 0 Å². The molecule has 9 heteroatoms. The van der Waals surface area contributed by atoms with E-state index < -0.39 is 6.10 Å². The quantitative estimate of drug-likeness (QED) is 0.135. The number of phenols is 1. The number of hydrogen-bond acceptors (Lipinski definition) is 7. The number of nitrogens with one attached hydrogen (secondary N) is 2. The normalized spacial score (nSPS) is 21.3. The number of aliphatic hydroxyl groups excluding tert-OH is 1. The molecule has 6 N–H and O–H groups in total. The number of aromatic hydroxyl groups is 1. The maximum atomic E-state index is 11.8. The van der Waals surface area contributed by atoms with Crippen LogP contribution in [0.4, 0.5) is 0 Å². The Hall–Kier alpha value is -2.52. The SMILES string of the molecule is CCC(CCC(O)CC(CCc1ccc(O)c(OC2CCNC3(CCCC3)C2)c1)OC(C)=O)CNC(N)=NC. The fourth-order valence-corrected chi connectivity index (χ4v) is 6.04. The Kier molecular flexibility index (Phi) is 12.2. The molecule has 1 aromatic rings. The van der Waals surface area contributed by atoms with E-state index in [0.29, 0.717) is 49.9 Å². The average molecular weight is 547 g/mol. The zero-order valence-electron chi connectivity index (χ0n) is 24.1. The number of carbonyl (C=O) groups is 1. The van der Waals surface area contributed by atoms with Crippen molar-refractivity contribution in [3.8, 4) is 11.5 Å². The summed E-state index contributed by atoms with van der Waals surface area (Å²) in [6, 6.07) is 5.47. The molecule has 2 fully saturated rings. The first-order valence-electron chi connectivity index (χ1n) is 14.8. The van der Waals surface area contributed by atoms with E-state index in [2.05, 4.69) is 22.5 Å². The molecule has 1 saturated heterocycles. The second kappa shape index (κ2) is 15.3. The van der Waals surface area contributed by atoms with Crippen molar-refractivity contribution in [2.24, 2.45) is 16.6 Å². The lowest BCUT2D eigenvalue weighted by Crippen LogP contribution is -2.51. The summed E-state index contributed by atoms with van der Waals surface area (Å²) in [7, 11) is 1.65. The van der Waals surface area contributed by atoms with Crippen molar-refractivity contribution in [1.29, 1.82) is 0 Å². The molecule has 1 heterocycles. The summed E-state index contributed by atoms with van der Waals surface area (Å²) in [4.78, 5) is 15.7. The summed E-state index contributed by atoms with van der Waals surface area (Å²) in [6.07, 6.45) is 9.99. The van der Waals surface area contributed by atoms with Gasteiger partial charge in [0.1, 0.15) is 12.2 Å². The van der Waals surface area contributed by atoms with E-state index in [9.17, 15) is 15.0 Å². The molecule has 1 aliphatic heterocycles. The first kappa shape index (κ1) is 31.0. The van der Waals surface area contributed by atoms with Gasteiger partial charge in [0.05, 0.1) is 6.10 Å². The van der Waals surface area contributed by atoms with Gasteiger partial charge in [0.15, 0.2) is 17.5 Å². The van der Waals surface area contributed by atoms with Gasteiger partial charge < -0.3 is 36.1 Å². The molecule has 0 amide bonds. The van der Waals surface area contributed by atoms with E-state index in [1.807, 2.05) is 12.1 Å². The highest BCUT2D eigenvalue weighted by Crippen LogP contribution is 2.38. The number of piperidine rings is 1. The summed E-state index contributed by atoms with van der Waals surface area (Å²) < 4.78 is 11.9. The fraction of sp³-hybridized carbons (Fsp3) is 0.733. The Morgan fingerprint density at radius 3 is 2.74 bits per heavy atom. The van der Waals surface area contributed by atoms with Crippen LogP contribution < -0.4 is 21.1 Å². The number of esters is 1. The molecule has 39 heavy (non-hydrogen) atoms. The molecule has 1 aromatic carbocycles. The van der Waals surface area contributed by atoms with E-state index in [-0.39, 0.29) is 29.5 Å². The van der Waals surface area contributed by atoms with Gasteiger partial charge in [-0.3, -0.25) is 9.79 Å². The molecular weight excluding hydrogens is 496 g/mol. The van der Waals surface area contributed by atoms with Gasteiger partial charge >= 0.3 is 5.97 Å². The second-order valence-electron chi connectivity index (χ2n) is 11.4. The van der Waals surface area contributed by atoms with Gasteiger partial charge in [-0.15, -0.1) is 0 Å². The zero-order valence-corrected chi connectivity index (χ0v) is 24.1. The van der Waals surface area contributed by atoms with Crippen molar-refractivity contribution in [1.82, 2.24) is 10.6 Å². The summed E-state index contributed by atoms with van der Waals surface area (Å²) >= 11 is 0. The van der Waals surface area contributed by atoms with Crippen molar-refractivity contribution >= 4 is 11.9 Å². The third kappa shape index (κ3) is 10.2. The minimum absolute atomic E-state index is 0.0855. The second-order valence-corrected chi connectivity index (χ2v) is 11.4. The van der Waals surface area contributed by atoms with Crippen LogP contribution in [0.2, 0.25) is 0 Å². The number of aryl methyl sites for hydroxylation is 1. The van der Waals surface area contributed by atoms with Gasteiger partial charge in [-0.05, 0) is 75.1 Å². The molecule has 220 valence electrons. The van der Waals surface area contributed by atoms with E-state index in [1.54, 1.807) is 13.1 Å². The molecule has 4 atom stereocenters. The Morgan fingerprint density at radius 1 is 1.28 bits per heavy atom. The van der Waals surface area contributed by atoms with E-state index in [4.69, 9.17) is 15.2 Å². The molecule has 9 nitrogen and oxygen atoms in total. The van der Waals surface area contributed by atoms with Crippen LogP contribution in [-0.4, -0.2) is 66.1 Å². The summed E-state index contributed by atoms with van der Waals surface area (Å²) in [6.45, 7) is 5.17. The van der Waals surface area contributed by atoms with Gasteiger partial charge in [-0.2, -0.15) is 0 Å². The third-order valence-electron chi connectivity index (χ3n) is 8.38. The number of aliphatic hydroxyl groups is 1. The number of carbonyl (C=O) groups excluding carboxylic acids is 1. The minimum atomic E-state index is -0.567. The first-order chi connectivity index (χ1) is 18.7. The molecule has 1 spiro atoms. The molecule has 4 unspecified atom stereocenters. The van der Waals surface area contributed by atoms with Gasteiger partial charge in [-0.1, -0.05) is 32.3 Å². The smallest absolute Gasteiger partial charge is 0.302 e. The predicted molar refractivity (Wildman–Crippen MR) is 154 cm³/mol. The summed E-state index contributed by atoms with van der Waals surface area (Å²) in [5.74, 6) is 1.10. The molecule has 1 aliphatic carbocycles. The monoisotopic (exact) mass is 546 g/mol. The largest absolute Gasteiger partial charge is 0.504 e. The number of benzene rings is 1. The van der Waals surface area contributed by atoms with Gasteiger partial charge in [0.2, 0.25) is 0 Å². The van der Waals surface area contributed by atoms with E-state index in [0.717, 1.165) is 37.8 Å². The zero-order chi connectivity index (χ0) is 28.3. The molecule has 3 rings (SSSR count). The highest BCUT2D eigenvalue weighted by Gasteiger charge is 2.39. The number of aliphatic imine (C=N–C) groups is 1. The predicted octanol–water partition coefficient (Wildman–Crippen LogP) is 3.79. The fourth-order valence-electron chi connectivity index (χ4n) is 6.04. The van der Waals surface area contributed by atoms with Crippen LogP contribution in [0.15, 0.2) is 23.2 Å². The van der Waals surface area contributed by atoms with Crippen molar-refractivity contribution in [2.45, 2.75) is 115 Å². The van der Waals surface area contributed by atoms with Crippen LogP contribution in [-0.2, 0) is 16.0 Å². The highest BCUT2D eigenvalue weighted by molar-refractivity contribution is 5.77. The Labute approximate surface area is 233 Å². The first-order valence-corrected chi connectivity index (χ1v) is 14.8. The van der Waals surface area contributed by atoms with Crippen LogP contribution >= 0.6 is 0 Å². The molecule has 0 radical (unpaired) electrons. The molecule has 0 bridgehead atoms.